The zero-order valence-electron chi connectivity index (χ0n) is 8.89. The van der Waals surface area contributed by atoms with Crippen molar-refractivity contribution >= 4 is 18.0 Å². The Morgan fingerprint density at radius 3 is 2.31 bits per heavy atom. The van der Waals surface area contributed by atoms with Gasteiger partial charge < -0.3 is 10.1 Å². The molecule has 13 heavy (non-hydrogen) atoms. The molecule has 0 aromatic rings. The summed E-state index contributed by atoms with van der Waals surface area (Å²) in [5, 5.41) is 3.20. The van der Waals surface area contributed by atoms with Crippen LogP contribution in [0.25, 0.3) is 0 Å². The molecule has 0 aliphatic rings. The van der Waals surface area contributed by atoms with E-state index in [0.29, 0.717) is 0 Å². The molecule has 1 atom stereocenters. The molecule has 0 spiro atoms. The summed E-state index contributed by atoms with van der Waals surface area (Å²) in [4.78, 5) is 10.5. The van der Waals surface area contributed by atoms with Gasteiger partial charge in [-0.2, -0.15) is 11.8 Å². The SMILES string of the molecule is CSCC[C@@H]([C-]=O)NC(C)(C)C.[Y]. The first-order chi connectivity index (χ1) is 5.49. The smallest absolute Gasteiger partial charge is 0.00740 e. The molecular weight excluding hydrogens is 259 g/mol. The Bertz CT molecular complexity index is 136. The maximum absolute atomic E-state index is 10.5. The molecule has 1 N–H and O–H groups in total. The van der Waals surface area contributed by atoms with Crippen LogP contribution in [0.15, 0.2) is 0 Å². The summed E-state index contributed by atoms with van der Waals surface area (Å²) in [6.07, 6.45) is 4.92. The molecule has 0 saturated heterocycles. The maximum atomic E-state index is 10.5. The van der Waals surface area contributed by atoms with Crippen molar-refractivity contribution in [2.24, 2.45) is 0 Å². The number of hydrogen-bond acceptors (Lipinski definition) is 3. The van der Waals surface area contributed by atoms with Crippen LogP contribution in [-0.4, -0.2) is 29.9 Å². The van der Waals surface area contributed by atoms with Gasteiger partial charge >= 0.3 is 0 Å². The summed E-state index contributed by atoms with van der Waals surface area (Å²) in [5.74, 6) is 1.00. The fourth-order valence-electron chi connectivity index (χ4n) is 0.919. The van der Waals surface area contributed by atoms with E-state index >= 15 is 0 Å². The van der Waals surface area contributed by atoms with Crippen molar-refractivity contribution in [1.29, 1.82) is 0 Å². The second-order valence-corrected chi connectivity index (χ2v) is 4.83. The average Bonchev–Trinajstić information content (AvgIpc) is 1.95. The van der Waals surface area contributed by atoms with Crippen LogP contribution >= 0.6 is 11.8 Å². The molecule has 2 nitrogen and oxygen atoms in total. The van der Waals surface area contributed by atoms with Gasteiger partial charge in [-0.25, -0.2) is 6.29 Å². The van der Waals surface area contributed by atoms with Gasteiger partial charge in [0.15, 0.2) is 0 Å². The fourth-order valence-corrected chi connectivity index (χ4v) is 1.39. The number of nitrogens with one attached hydrogen (secondary N) is 1. The third-order valence-electron chi connectivity index (χ3n) is 1.36. The van der Waals surface area contributed by atoms with Crippen molar-refractivity contribution in [2.45, 2.75) is 38.8 Å². The van der Waals surface area contributed by atoms with E-state index in [1.807, 2.05) is 12.5 Å². The van der Waals surface area contributed by atoms with Crippen LogP contribution in [0.5, 0.6) is 0 Å². The number of hydrogen-bond donors (Lipinski definition) is 1. The number of rotatable bonds is 5. The first-order valence-corrected chi connectivity index (χ1v) is 5.53. The van der Waals surface area contributed by atoms with Gasteiger partial charge in [0.2, 0.25) is 0 Å². The third-order valence-corrected chi connectivity index (χ3v) is 2.00. The predicted molar refractivity (Wildman–Crippen MR) is 55.4 cm³/mol. The monoisotopic (exact) mass is 277 g/mol. The summed E-state index contributed by atoms with van der Waals surface area (Å²) in [5.41, 5.74) is 0.000481. The van der Waals surface area contributed by atoms with E-state index in [1.165, 1.54) is 0 Å². The zero-order chi connectivity index (χ0) is 9.61. The quantitative estimate of drug-likeness (QED) is 0.774. The minimum Gasteiger partial charge on any atom is -0.540 e. The van der Waals surface area contributed by atoms with Crippen molar-refractivity contribution in [1.82, 2.24) is 5.32 Å². The van der Waals surface area contributed by atoms with Crippen LogP contribution in [0.3, 0.4) is 0 Å². The molecule has 0 aliphatic heterocycles. The first kappa shape index (κ1) is 16.5. The van der Waals surface area contributed by atoms with Crippen LogP contribution in [0.1, 0.15) is 27.2 Å². The normalized spacial score (nSPS) is 13.2. The third kappa shape index (κ3) is 11.0. The van der Waals surface area contributed by atoms with Crippen molar-refractivity contribution in [3.8, 4) is 0 Å². The number of carbonyl (C=O) groups excluding carboxylic acids is 1. The molecule has 0 heterocycles. The van der Waals surface area contributed by atoms with Crippen LogP contribution in [-0.2, 0) is 37.5 Å². The van der Waals surface area contributed by atoms with Gasteiger partial charge in [0.25, 0.3) is 0 Å². The largest absolute Gasteiger partial charge is 0.540 e. The summed E-state index contributed by atoms with van der Waals surface area (Å²) < 4.78 is 0. The Balaban J connectivity index is 0. The summed E-state index contributed by atoms with van der Waals surface area (Å²) in [7, 11) is 0. The maximum Gasteiger partial charge on any atom is 0.00740 e. The molecule has 0 amide bonds. The fraction of sp³-hybridized carbons (Fsp3) is 0.889. The zero-order valence-corrected chi connectivity index (χ0v) is 12.5. The van der Waals surface area contributed by atoms with Crippen molar-refractivity contribution < 1.29 is 37.5 Å². The molecule has 0 unspecified atom stereocenters. The molecule has 1 radical (unpaired) electrons. The second-order valence-electron chi connectivity index (χ2n) is 3.85. The van der Waals surface area contributed by atoms with Crippen LogP contribution in [0.2, 0.25) is 0 Å². The van der Waals surface area contributed by atoms with Gasteiger partial charge in [-0.1, -0.05) is 12.5 Å². The van der Waals surface area contributed by atoms with E-state index in [9.17, 15) is 4.79 Å². The van der Waals surface area contributed by atoms with Crippen LogP contribution < -0.4 is 5.32 Å². The molecule has 0 aromatic carbocycles. The Morgan fingerprint density at radius 2 is 2.00 bits per heavy atom. The molecule has 75 valence electrons. The molecule has 0 fully saturated rings. The summed E-state index contributed by atoms with van der Waals surface area (Å²) in [6, 6.07) is -0.113. The summed E-state index contributed by atoms with van der Waals surface area (Å²) >= 11 is 1.75. The van der Waals surface area contributed by atoms with Gasteiger partial charge in [-0.05, 0) is 32.8 Å². The number of thioether (sulfide) groups is 1. The van der Waals surface area contributed by atoms with Crippen molar-refractivity contribution in [3.05, 3.63) is 0 Å². The Hall–Kier alpha value is 1.08. The molecule has 0 aliphatic carbocycles. The second kappa shape index (κ2) is 8.40. The van der Waals surface area contributed by atoms with E-state index in [0.717, 1.165) is 12.2 Å². The Labute approximate surface area is 111 Å². The van der Waals surface area contributed by atoms with Crippen molar-refractivity contribution in [3.63, 3.8) is 0 Å². The molecule has 0 rings (SSSR count). The van der Waals surface area contributed by atoms with Gasteiger partial charge in [0.1, 0.15) is 0 Å². The van der Waals surface area contributed by atoms with E-state index < -0.39 is 0 Å². The van der Waals surface area contributed by atoms with E-state index in [2.05, 4.69) is 26.1 Å². The van der Waals surface area contributed by atoms with E-state index in [1.54, 1.807) is 11.8 Å². The molecule has 0 saturated carbocycles. The molecular formula is C9H18NOSY-. The minimum atomic E-state index is -0.113. The van der Waals surface area contributed by atoms with Gasteiger partial charge in [0, 0.05) is 38.2 Å². The van der Waals surface area contributed by atoms with E-state index in [4.69, 9.17) is 0 Å². The topological polar surface area (TPSA) is 29.1 Å². The Morgan fingerprint density at radius 1 is 1.46 bits per heavy atom. The molecule has 0 aromatic heterocycles. The minimum absolute atomic E-state index is 0. The summed E-state index contributed by atoms with van der Waals surface area (Å²) in [6.45, 7) is 6.16. The van der Waals surface area contributed by atoms with E-state index in [-0.39, 0.29) is 44.3 Å². The van der Waals surface area contributed by atoms with Crippen molar-refractivity contribution in [2.75, 3.05) is 12.0 Å². The molecule has 4 heteroatoms. The van der Waals surface area contributed by atoms with Gasteiger partial charge in [0.05, 0.1) is 0 Å². The first-order valence-electron chi connectivity index (χ1n) is 4.14. The standard InChI is InChI=1S/C9H18NOS.Y/c1-9(2,3)10-8(7-11)5-6-12-4;/h8,10H,5-6H2,1-4H3;/q-1;/t8-;/m0./s1. The van der Waals surface area contributed by atoms with Gasteiger partial charge in [-0.15, -0.1) is 0 Å². The van der Waals surface area contributed by atoms with Gasteiger partial charge in [-0.3, -0.25) is 0 Å². The predicted octanol–water partition coefficient (Wildman–Crippen LogP) is 1.60. The Kier molecular flexibility index (Phi) is 10.7. The average molecular weight is 277 g/mol. The van der Waals surface area contributed by atoms with Crippen LogP contribution in [0, 0.1) is 0 Å². The molecule has 0 bridgehead atoms. The van der Waals surface area contributed by atoms with Crippen LogP contribution in [0.4, 0.5) is 0 Å².